The number of imidazole rings is 1. The molecule has 0 atom stereocenters. The predicted octanol–water partition coefficient (Wildman–Crippen LogP) is 2.51. The number of hydrogen-bond acceptors (Lipinski definition) is 3. The monoisotopic (exact) mass is 324 g/mol. The van der Waals surface area contributed by atoms with Crippen LogP contribution in [0.4, 0.5) is 8.78 Å². The fraction of sp³-hybridized carbons (Fsp3) is 0.214. The lowest BCUT2D eigenvalue weighted by molar-refractivity contribution is 0.126. The van der Waals surface area contributed by atoms with E-state index in [1.807, 2.05) is 0 Å². The molecular weight excluding hydrogens is 314 g/mol. The molecule has 3 heterocycles. The van der Waals surface area contributed by atoms with Crippen LogP contribution in [-0.4, -0.2) is 25.5 Å². The molecule has 2 aliphatic heterocycles. The third-order valence-electron chi connectivity index (χ3n) is 3.21. The van der Waals surface area contributed by atoms with Crippen molar-refractivity contribution in [2.45, 2.75) is 19.5 Å². The minimum atomic E-state index is -2.61. The summed E-state index contributed by atoms with van der Waals surface area (Å²) < 4.78 is 27.8. The molecule has 0 unspecified atom stereocenters. The predicted molar refractivity (Wildman–Crippen MR) is 77.5 cm³/mol. The summed E-state index contributed by atoms with van der Waals surface area (Å²) >= 11 is 5.74. The molecule has 0 radical (unpaired) electrons. The van der Waals surface area contributed by atoms with Crippen molar-refractivity contribution < 1.29 is 8.78 Å². The van der Waals surface area contributed by atoms with Crippen LogP contribution in [0.25, 0.3) is 11.5 Å². The zero-order valence-corrected chi connectivity index (χ0v) is 12.0. The summed E-state index contributed by atoms with van der Waals surface area (Å²) in [6.07, 6.45) is 0.734. The van der Waals surface area contributed by atoms with Crippen LogP contribution in [-0.2, 0) is 13.1 Å². The molecule has 0 aromatic carbocycles. The highest BCUT2D eigenvalue weighted by molar-refractivity contribution is 6.29. The van der Waals surface area contributed by atoms with Gasteiger partial charge in [-0.1, -0.05) is 17.7 Å². The summed E-state index contributed by atoms with van der Waals surface area (Å²) in [5.74, 6) is 0.364. The van der Waals surface area contributed by atoms with Gasteiger partial charge in [0.1, 0.15) is 5.15 Å². The Morgan fingerprint density at radius 1 is 1.27 bits per heavy atom. The van der Waals surface area contributed by atoms with Gasteiger partial charge in [-0.05, 0) is 23.8 Å². The highest BCUT2D eigenvalue weighted by Crippen LogP contribution is 2.20. The van der Waals surface area contributed by atoms with Crippen molar-refractivity contribution in [2.24, 2.45) is 0 Å². The fourth-order valence-electron chi connectivity index (χ4n) is 2.26. The number of aromatic nitrogens is 4. The van der Waals surface area contributed by atoms with Crippen LogP contribution in [0.15, 0.2) is 41.5 Å². The largest absolute Gasteiger partial charge is 0.350 e. The van der Waals surface area contributed by atoms with Crippen LogP contribution in [0.2, 0.25) is 5.15 Å². The third kappa shape index (κ3) is 2.85. The van der Waals surface area contributed by atoms with Crippen LogP contribution in [0.3, 0.4) is 0 Å². The molecule has 0 N–H and O–H groups in total. The average Bonchev–Trinajstić information content (AvgIpc) is 2.79. The number of rotatable bonds is 4. The summed E-state index contributed by atoms with van der Waals surface area (Å²) in [6, 6.07) is 6.75. The Bertz CT molecular complexity index is 813. The van der Waals surface area contributed by atoms with Crippen LogP contribution >= 0.6 is 11.6 Å². The molecule has 0 aliphatic carbocycles. The van der Waals surface area contributed by atoms with Gasteiger partial charge in [-0.15, -0.1) is 0 Å². The van der Waals surface area contributed by atoms with Gasteiger partial charge >= 0.3 is 5.69 Å². The van der Waals surface area contributed by atoms with Crippen molar-refractivity contribution in [1.29, 1.82) is 0 Å². The molecule has 8 heteroatoms. The van der Waals surface area contributed by atoms with E-state index in [1.165, 1.54) is 0 Å². The van der Waals surface area contributed by atoms with Crippen molar-refractivity contribution in [2.75, 3.05) is 0 Å². The standard InChI is InChI=1S/C14H11ClF2N4O/c15-11-4-3-9(6-18-11)7-20-5-1-2-10-13(20)19-14(22)21(10)8-12(16)17/h1-6,12H,7-8H2. The van der Waals surface area contributed by atoms with E-state index in [1.54, 1.807) is 41.2 Å². The summed E-state index contributed by atoms with van der Waals surface area (Å²) in [6.45, 7) is -0.255. The van der Waals surface area contributed by atoms with Gasteiger partial charge in [0.05, 0.1) is 18.8 Å². The maximum absolute atomic E-state index is 12.6. The maximum atomic E-state index is 12.6. The van der Waals surface area contributed by atoms with Crippen molar-refractivity contribution >= 4 is 11.6 Å². The Hall–Kier alpha value is -2.28. The quantitative estimate of drug-likeness (QED) is 0.693. The third-order valence-corrected chi connectivity index (χ3v) is 3.43. The first-order chi connectivity index (χ1) is 10.5. The second kappa shape index (κ2) is 5.84. The molecule has 1 aromatic rings. The summed E-state index contributed by atoms with van der Waals surface area (Å²) in [4.78, 5) is 19.7. The first-order valence-corrected chi connectivity index (χ1v) is 6.86. The van der Waals surface area contributed by atoms with E-state index in [2.05, 4.69) is 9.97 Å². The number of hydrogen-bond donors (Lipinski definition) is 0. The molecule has 0 saturated carbocycles. The van der Waals surface area contributed by atoms with Crippen LogP contribution in [0, 0.1) is 0 Å². The van der Waals surface area contributed by atoms with E-state index in [0.717, 1.165) is 10.1 Å². The lowest BCUT2D eigenvalue weighted by Gasteiger charge is -2.12. The first kappa shape index (κ1) is 14.6. The van der Waals surface area contributed by atoms with Gasteiger partial charge in [-0.2, -0.15) is 4.98 Å². The topological polar surface area (TPSA) is 52.7 Å². The lowest BCUT2D eigenvalue weighted by Crippen LogP contribution is -2.20. The average molecular weight is 325 g/mol. The van der Waals surface area contributed by atoms with E-state index in [-0.39, 0.29) is 0 Å². The van der Waals surface area contributed by atoms with Crippen LogP contribution < -0.4 is 5.69 Å². The normalized spacial score (nSPS) is 11.5. The smallest absolute Gasteiger partial charge is 0.327 e. The SMILES string of the molecule is O=c1nc2n(Cc3ccc(Cl)nc3)cccc-2n1CC(F)F. The van der Waals surface area contributed by atoms with Crippen molar-refractivity contribution in [3.05, 3.63) is 57.9 Å². The Morgan fingerprint density at radius 3 is 2.77 bits per heavy atom. The second-order valence-corrected chi connectivity index (χ2v) is 5.12. The lowest BCUT2D eigenvalue weighted by atomic mass is 10.2. The van der Waals surface area contributed by atoms with E-state index in [9.17, 15) is 13.6 Å². The second-order valence-electron chi connectivity index (χ2n) is 4.73. The summed E-state index contributed by atoms with van der Waals surface area (Å²) in [5, 5.41) is 0.384. The Balaban J connectivity index is 1.98. The van der Waals surface area contributed by atoms with Gasteiger partial charge in [0.15, 0.2) is 5.82 Å². The zero-order valence-electron chi connectivity index (χ0n) is 11.3. The molecular formula is C14H11ClF2N4O. The number of nitrogens with zero attached hydrogens (tertiary/aromatic N) is 4. The highest BCUT2D eigenvalue weighted by Gasteiger charge is 2.19. The van der Waals surface area contributed by atoms with Crippen molar-refractivity contribution in [3.63, 3.8) is 0 Å². The van der Waals surface area contributed by atoms with Crippen molar-refractivity contribution in [1.82, 2.24) is 19.1 Å². The highest BCUT2D eigenvalue weighted by atomic mass is 35.5. The molecule has 5 nitrogen and oxygen atoms in total. The van der Waals surface area contributed by atoms with Gasteiger partial charge < -0.3 is 4.57 Å². The number of fused-ring (bicyclic) bond motifs is 1. The molecule has 0 saturated heterocycles. The molecule has 0 bridgehead atoms. The molecule has 22 heavy (non-hydrogen) atoms. The number of halogens is 3. The molecule has 2 aliphatic rings. The van der Waals surface area contributed by atoms with Gasteiger partial charge in [0.25, 0.3) is 6.43 Å². The first-order valence-electron chi connectivity index (χ1n) is 6.49. The molecule has 0 spiro atoms. The van der Waals surface area contributed by atoms with Crippen LogP contribution in [0.1, 0.15) is 5.56 Å². The fourth-order valence-corrected chi connectivity index (χ4v) is 2.37. The maximum Gasteiger partial charge on any atom is 0.350 e. The molecule has 3 rings (SSSR count). The summed E-state index contributed by atoms with van der Waals surface area (Å²) in [5.41, 5.74) is 0.567. The van der Waals surface area contributed by atoms with E-state index >= 15 is 0 Å². The molecule has 0 fully saturated rings. The van der Waals surface area contributed by atoms with Crippen molar-refractivity contribution in [3.8, 4) is 11.5 Å². The van der Waals surface area contributed by atoms with Gasteiger partial charge in [-0.25, -0.2) is 18.6 Å². The minimum Gasteiger partial charge on any atom is -0.327 e. The van der Waals surface area contributed by atoms with Gasteiger partial charge in [-0.3, -0.25) is 4.57 Å². The number of alkyl halides is 2. The Kier molecular flexibility index (Phi) is 3.89. The van der Waals surface area contributed by atoms with Gasteiger partial charge in [0, 0.05) is 12.4 Å². The molecule has 0 amide bonds. The van der Waals surface area contributed by atoms with E-state index < -0.39 is 18.7 Å². The minimum absolute atomic E-state index is 0.364. The summed E-state index contributed by atoms with van der Waals surface area (Å²) in [7, 11) is 0. The van der Waals surface area contributed by atoms with Crippen LogP contribution in [0.5, 0.6) is 0 Å². The zero-order chi connectivity index (χ0) is 15.7. The Labute approximate surface area is 129 Å². The Morgan fingerprint density at radius 2 is 2.09 bits per heavy atom. The molecule has 1 aromatic heterocycles. The van der Waals surface area contributed by atoms with E-state index in [4.69, 9.17) is 11.6 Å². The van der Waals surface area contributed by atoms with Gasteiger partial charge in [0.2, 0.25) is 0 Å². The molecule has 114 valence electrons. The number of pyridine rings is 2. The van der Waals surface area contributed by atoms with E-state index in [0.29, 0.717) is 23.2 Å².